The highest BCUT2D eigenvalue weighted by Crippen LogP contribution is 2.43. The number of rotatable bonds is 4. The van der Waals surface area contributed by atoms with Crippen molar-refractivity contribution < 1.29 is 9.47 Å². The standard InChI is InChI=1S/C18H27NO2/c1-13(2)12-21-16-5-4-14-11-18(19-17(14)10-16)8-6-15(20-3)7-9-18/h4-5,10,13,15,19H,6-9,11-12H2,1-3H3/t15-,18-. The average molecular weight is 289 g/mol. The number of anilines is 1. The number of fused-ring (bicyclic) bond motifs is 1. The van der Waals surface area contributed by atoms with Gasteiger partial charge in [0.1, 0.15) is 5.75 Å². The molecule has 1 spiro atoms. The number of ether oxygens (including phenoxy) is 2. The maximum absolute atomic E-state index is 5.84. The minimum atomic E-state index is 0.258. The lowest BCUT2D eigenvalue weighted by Gasteiger charge is -2.37. The summed E-state index contributed by atoms with van der Waals surface area (Å²) in [7, 11) is 1.83. The second kappa shape index (κ2) is 5.88. The highest BCUT2D eigenvalue weighted by Gasteiger charge is 2.40. The van der Waals surface area contributed by atoms with Gasteiger partial charge in [-0.1, -0.05) is 19.9 Å². The van der Waals surface area contributed by atoms with Crippen molar-refractivity contribution in [1.29, 1.82) is 0 Å². The fourth-order valence-electron chi connectivity index (χ4n) is 3.55. The molecule has 3 rings (SSSR count). The monoisotopic (exact) mass is 289 g/mol. The Balaban J connectivity index is 1.67. The van der Waals surface area contributed by atoms with E-state index in [0.717, 1.165) is 31.6 Å². The molecule has 1 fully saturated rings. The summed E-state index contributed by atoms with van der Waals surface area (Å²) in [5, 5.41) is 3.79. The summed E-state index contributed by atoms with van der Waals surface area (Å²) >= 11 is 0. The molecule has 1 aromatic carbocycles. The number of nitrogens with one attached hydrogen (secondary N) is 1. The van der Waals surface area contributed by atoms with E-state index in [0.29, 0.717) is 12.0 Å². The molecule has 116 valence electrons. The van der Waals surface area contributed by atoms with Gasteiger partial charge in [0.15, 0.2) is 0 Å². The van der Waals surface area contributed by atoms with E-state index < -0.39 is 0 Å². The van der Waals surface area contributed by atoms with Crippen LogP contribution < -0.4 is 10.1 Å². The minimum Gasteiger partial charge on any atom is -0.493 e. The van der Waals surface area contributed by atoms with Gasteiger partial charge in [0.2, 0.25) is 0 Å². The lowest BCUT2D eigenvalue weighted by molar-refractivity contribution is 0.0547. The fourth-order valence-corrected chi connectivity index (χ4v) is 3.55. The predicted molar refractivity (Wildman–Crippen MR) is 86.1 cm³/mol. The molecule has 1 aliphatic carbocycles. The lowest BCUT2D eigenvalue weighted by atomic mass is 9.78. The molecule has 3 nitrogen and oxygen atoms in total. The predicted octanol–water partition coefficient (Wildman–Crippen LogP) is 4.02. The molecule has 2 aliphatic rings. The molecule has 0 unspecified atom stereocenters. The highest BCUT2D eigenvalue weighted by atomic mass is 16.5. The van der Waals surface area contributed by atoms with Crippen LogP contribution in [-0.4, -0.2) is 25.4 Å². The molecular formula is C18H27NO2. The van der Waals surface area contributed by atoms with Crippen LogP contribution in [0.4, 0.5) is 5.69 Å². The summed E-state index contributed by atoms with van der Waals surface area (Å²) in [6, 6.07) is 6.52. The second-order valence-electron chi connectivity index (χ2n) is 7.04. The molecular weight excluding hydrogens is 262 g/mol. The van der Waals surface area contributed by atoms with E-state index in [1.165, 1.54) is 24.1 Å². The molecule has 0 saturated heterocycles. The third kappa shape index (κ3) is 3.18. The Kier molecular flexibility index (Phi) is 4.12. The molecule has 0 atom stereocenters. The van der Waals surface area contributed by atoms with Gasteiger partial charge in [0.25, 0.3) is 0 Å². The van der Waals surface area contributed by atoms with E-state index in [1.807, 2.05) is 7.11 Å². The Morgan fingerprint density at radius 1 is 1.29 bits per heavy atom. The van der Waals surface area contributed by atoms with E-state index in [4.69, 9.17) is 9.47 Å². The van der Waals surface area contributed by atoms with Crippen LogP contribution in [-0.2, 0) is 11.2 Å². The third-order valence-electron chi connectivity index (χ3n) is 4.82. The van der Waals surface area contributed by atoms with Gasteiger partial charge in [-0.2, -0.15) is 0 Å². The van der Waals surface area contributed by atoms with Gasteiger partial charge >= 0.3 is 0 Å². The third-order valence-corrected chi connectivity index (χ3v) is 4.82. The van der Waals surface area contributed by atoms with Gasteiger partial charge in [0.05, 0.1) is 12.7 Å². The SMILES string of the molecule is CO[C@H]1CC[C@]2(CC1)Cc1ccc(OCC(C)C)cc1N2. The van der Waals surface area contributed by atoms with Crippen molar-refractivity contribution in [1.82, 2.24) is 0 Å². The first kappa shape index (κ1) is 14.7. The Morgan fingerprint density at radius 2 is 2.05 bits per heavy atom. The fraction of sp³-hybridized carbons (Fsp3) is 0.667. The number of hydrogen-bond acceptors (Lipinski definition) is 3. The summed E-state index contributed by atoms with van der Waals surface area (Å²) in [4.78, 5) is 0. The van der Waals surface area contributed by atoms with Crippen LogP contribution in [0, 0.1) is 5.92 Å². The Morgan fingerprint density at radius 3 is 2.71 bits per heavy atom. The first-order chi connectivity index (χ1) is 10.1. The van der Waals surface area contributed by atoms with E-state index >= 15 is 0 Å². The molecule has 1 aromatic rings. The number of hydrogen-bond donors (Lipinski definition) is 1. The van der Waals surface area contributed by atoms with Gasteiger partial charge in [-0.25, -0.2) is 0 Å². The van der Waals surface area contributed by atoms with Crippen molar-refractivity contribution in [2.24, 2.45) is 5.92 Å². The van der Waals surface area contributed by atoms with Crippen LogP contribution in [0.1, 0.15) is 45.1 Å². The zero-order chi connectivity index (χ0) is 14.9. The zero-order valence-corrected chi connectivity index (χ0v) is 13.4. The van der Waals surface area contributed by atoms with E-state index in [2.05, 4.69) is 37.4 Å². The molecule has 0 amide bonds. The maximum atomic E-state index is 5.84. The van der Waals surface area contributed by atoms with E-state index in [1.54, 1.807) is 0 Å². The molecule has 1 N–H and O–H groups in total. The van der Waals surface area contributed by atoms with Gasteiger partial charge < -0.3 is 14.8 Å². The lowest BCUT2D eigenvalue weighted by Crippen LogP contribution is -2.41. The van der Waals surface area contributed by atoms with Crippen LogP contribution in [0.15, 0.2) is 18.2 Å². The summed E-state index contributed by atoms with van der Waals surface area (Å²) < 4.78 is 11.3. The summed E-state index contributed by atoms with van der Waals surface area (Å²) in [6.07, 6.45) is 6.31. The van der Waals surface area contributed by atoms with Crippen molar-refractivity contribution in [3.8, 4) is 5.75 Å². The van der Waals surface area contributed by atoms with Crippen LogP contribution in [0.2, 0.25) is 0 Å². The Labute approximate surface area is 128 Å². The van der Waals surface area contributed by atoms with Crippen molar-refractivity contribution in [2.75, 3.05) is 19.0 Å². The van der Waals surface area contributed by atoms with Crippen LogP contribution in [0.25, 0.3) is 0 Å². The van der Waals surface area contributed by atoms with Crippen molar-refractivity contribution in [3.63, 3.8) is 0 Å². The Bertz CT molecular complexity index is 490. The van der Waals surface area contributed by atoms with Gasteiger partial charge in [-0.05, 0) is 49.7 Å². The minimum absolute atomic E-state index is 0.258. The number of benzene rings is 1. The molecule has 1 heterocycles. The second-order valence-corrected chi connectivity index (χ2v) is 7.04. The van der Waals surface area contributed by atoms with Gasteiger partial charge in [0, 0.05) is 24.4 Å². The van der Waals surface area contributed by atoms with E-state index in [9.17, 15) is 0 Å². The van der Waals surface area contributed by atoms with Crippen LogP contribution >= 0.6 is 0 Å². The molecule has 3 heteroatoms. The molecule has 21 heavy (non-hydrogen) atoms. The molecule has 1 saturated carbocycles. The maximum Gasteiger partial charge on any atom is 0.121 e. The molecule has 0 radical (unpaired) electrons. The number of methoxy groups -OCH3 is 1. The van der Waals surface area contributed by atoms with Crippen molar-refractivity contribution in [3.05, 3.63) is 23.8 Å². The zero-order valence-electron chi connectivity index (χ0n) is 13.4. The largest absolute Gasteiger partial charge is 0.493 e. The normalized spacial score (nSPS) is 27.7. The van der Waals surface area contributed by atoms with Crippen molar-refractivity contribution in [2.45, 2.75) is 57.6 Å². The quantitative estimate of drug-likeness (QED) is 0.908. The molecule has 1 aliphatic heterocycles. The van der Waals surface area contributed by atoms with Crippen LogP contribution in [0.3, 0.4) is 0 Å². The molecule has 0 bridgehead atoms. The highest BCUT2D eigenvalue weighted by molar-refractivity contribution is 5.62. The van der Waals surface area contributed by atoms with Gasteiger partial charge in [-0.3, -0.25) is 0 Å². The first-order valence-electron chi connectivity index (χ1n) is 8.17. The molecule has 0 aromatic heterocycles. The average Bonchev–Trinajstić information content (AvgIpc) is 2.83. The van der Waals surface area contributed by atoms with Crippen LogP contribution in [0.5, 0.6) is 5.75 Å². The van der Waals surface area contributed by atoms with Crippen molar-refractivity contribution >= 4 is 5.69 Å². The first-order valence-corrected chi connectivity index (χ1v) is 8.17. The smallest absolute Gasteiger partial charge is 0.121 e. The summed E-state index contributed by atoms with van der Waals surface area (Å²) in [6.45, 7) is 5.13. The Hall–Kier alpha value is -1.22. The summed E-state index contributed by atoms with van der Waals surface area (Å²) in [5.41, 5.74) is 2.96. The van der Waals surface area contributed by atoms with E-state index in [-0.39, 0.29) is 5.54 Å². The topological polar surface area (TPSA) is 30.5 Å². The summed E-state index contributed by atoms with van der Waals surface area (Å²) in [5.74, 6) is 1.54. The van der Waals surface area contributed by atoms with Gasteiger partial charge in [-0.15, -0.1) is 0 Å².